The van der Waals surface area contributed by atoms with Gasteiger partial charge in [0.1, 0.15) is 23.1 Å². The number of carboxylic acids is 1. The van der Waals surface area contributed by atoms with E-state index < -0.39 is 11.5 Å². The minimum Gasteiger partial charge on any atom is -0.496 e. The van der Waals surface area contributed by atoms with E-state index >= 15 is 0 Å². The standard InChI is InChI=1S/C40H43Cl2N5O5/c1-46-32-15-18-47(24-7-3-4-8-24)22-31(32)44-37(46)38(48)45-30-12-6-11-28(36(30)42)25-9-5-10-27-26(25)13-14-33(27)52-35-20-34(51-2)23(19-29(35)41)21-43-40(16-17-40)39(49)50/h5-6,9-12,19-20,24,33,43H,3-4,7-8,13-18,21-22H2,1-2H3,(H,45,48)(H,49,50). The summed E-state index contributed by atoms with van der Waals surface area (Å²) in [6.07, 6.45) is 8.43. The second kappa shape index (κ2) is 14.0. The summed E-state index contributed by atoms with van der Waals surface area (Å²) >= 11 is 13.8. The Morgan fingerprint density at radius 3 is 2.54 bits per heavy atom. The minimum absolute atomic E-state index is 0.247. The van der Waals surface area contributed by atoms with E-state index in [1.165, 1.54) is 25.7 Å². The molecule has 4 aromatic rings. The lowest BCUT2D eigenvalue weighted by atomic mass is 9.96. The highest BCUT2D eigenvalue weighted by Crippen LogP contribution is 2.45. The molecule has 10 nitrogen and oxygen atoms in total. The second-order valence-corrected chi connectivity index (χ2v) is 15.3. The van der Waals surface area contributed by atoms with Crippen LogP contribution in [0.4, 0.5) is 5.69 Å². The first kappa shape index (κ1) is 35.0. The molecule has 1 aliphatic heterocycles. The van der Waals surface area contributed by atoms with Crippen molar-refractivity contribution in [2.45, 2.75) is 88.6 Å². The van der Waals surface area contributed by atoms with Crippen molar-refractivity contribution in [3.8, 4) is 22.6 Å². The van der Waals surface area contributed by atoms with Crippen LogP contribution in [0.15, 0.2) is 48.5 Å². The maximum absolute atomic E-state index is 13.7. The summed E-state index contributed by atoms with van der Waals surface area (Å²) in [5, 5.41) is 16.6. The smallest absolute Gasteiger partial charge is 0.323 e. The summed E-state index contributed by atoms with van der Waals surface area (Å²) in [5.74, 6) is 0.338. The SMILES string of the molecule is COc1cc(OC2CCc3c(-c4cccc(NC(=O)c5nc6c(n5C)CCN(C5CCCC5)C6)c4Cl)cccc32)c(Cl)cc1CNC1(C(=O)O)CC1. The fourth-order valence-corrected chi connectivity index (χ4v) is 8.85. The molecule has 0 radical (unpaired) electrons. The van der Waals surface area contributed by atoms with Gasteiger partial charge in [-0.05, 0) is 67.3 Å². The number of benzene rings is 3. The molecule has 1 atom stereocenters. The van der Waals surface area contributed by atoms with Gasteiger partial charge in [0.05, 0.1) is 28.5 Å². The number of amides is 1. The van der Waals surface area contributed by atoms with Gasteiger partial charge in [-0.15, -0.1) is 0 Å². The molecule has 2 saturated carbocycles. The van der Waals surface area contributed by atoms with Crippen molar-refractivity contribution in [3.63, 3.8) is 0 Å². The van der Waals surface area contributed by atoms with Gasteiger partial charge in [0.15, 0.2) is 5.82 Å². The third-order valence-corrected chi connectivity index (χ3v) is 12.2. The minimum atomic E-state index is -0.874. The van der Waals surface area contributed by atoms with E-state index in [0.717, 1.165) is 71.6 Å². The highest BCUT2D eigenvalue weighted by molar-refractivity contribution is 6.36. The third kappa shape index (κ3) is 6.44. The number of halogens is 2. The molecule has 2 fully saturated rings. The monoisotopic (exact) mass is 743 g/mol. The second-order valence-electron chi connectivity index (χ2n) is 14.5. The Morgan fingerprint density at radius 2 is 1.79 bits per heavy atom. The van der Waals surface area contributed by atoms with Crippen LogP contribution in [-0.4, -0.2) is 56.7 Å². The van der Waals surface area contributed by atoms with Crippen LogP contribution in [0.1, 0.15) is 89.7 Å². The summed E-state index contributed by atoms with van der Waals surface area (Å²) in [7, 11) is 3.50. The third-order valence-electron chi connectivity index (χ3n) is 11.5. The lowest BCUT2D eigenvalue weighted by Gasteiger charge is -2.31. The first-order valence-electron chi connectivity index (χ1n) is 18.2. The van der Waals surface area contributed by atoms with Gasteiger partial charge < -0.3 is 24.5 Å². The number of anilines is 1. The molecule has 4 aliphatic rings. The molecule has 8 rings (SSSR count). The van der Waals surface area contributed by atoms with Crippen LogP contribution in [0.5, 0.6) is 11.5 Å². The number of nitrogens with one attached hydrogen (secondary N) is 2. The Kier molecular flexibility index (Phi) is 9.44. The Bertz CT molecular complexity index is 2050. The predicted molar refractivity (Wildman–Crippen MR) is 201 cm³/mol. The average molecular weight is 745 g/mol. The van der Waals surface area contributed by atoms with Gasteiger partial charge in [-0.2, -0.15) is 0 Å². The number of carbonyl (C=O) groups is 2. The van der Waals surface area contributed by atoms with E-state index in [0.29, 0.717) is 58.5 Å². The van der Waals surface area contributed by atoms with Crippen molar-refractivity contribution < 1.29 is 24.2 Å². The molecule has 3 N–H and O–H groups in total. The Balaban J connectivity index is 0.991. The average Bonchev–Trinajstić information content (AvgIpc) is 3.41. The summed E-state index contributed by atoms with van der Waals surface area (Å²) in [6.45, 7) is 2.11. The summed E-state index contributed by atoms with van der Waals surface area (Å²) in [4.78, 5) is 32.7. The number of hydrogen-bond donors (Lipinski definition) is 3. The summed E-state index contributed by atoms with van der Waals surface area (Å²) < 4.78 is 14.1. The Hall–Kier alpha value is -4.09. The molecule has 0 saturated heterocycles. The first-order valence-corrected chi connectivity index (χ1v) is 18.9. The first-order chi connectivity index (χ1) is 25.2. The number of imidazole rings is 1. The molecule has 0 bridgehead atoms. The largest absolute Gasteiger partial charge is 0.496 e. The normalized spacial score (nSPS) is 19.3. The number of methoxy groups -OCH3 is 1. The van der Waals surface area contributed by atoms with Gasteiger partial charge in [-0.3, -0.25) is 19.8 Å². The van der Waals surface area contributed by atoms with Crippen molar-refractivity contribution >= 4 is 40.8 Å². The molecule has 272 valence electrons. The Labute approximate surface area is 313 Å². The van der Waals surface area contributed by atoms with Crippen LogP contribution >= 0.6 is 23.2 Å². The van der Waals surface area contributed by atoms with E-state index in [1.807, 2.05) is 35.9 Å². The lowest BCUT2D eigenvalue weighted by molar-refractivity contribution is -0.140. The summed E-state index contributed by atoms with van der Waals surface area (Å²) in [6, 6.07) is 16.0. The zero-order valence-corrected chi connectivity index (χ0v) is 30.9. The van der Waals surface area contributed by atoms with Crippen molar-refractivity contribution in [2.24, 2.45) is 7.05 Å². The van der Waals surface area contributed by atoms with Crippen molar-refractivity contribution in [2.75, 3.05) is 19.0 Å². The number of nitrogens with zero attached hydrogens (tertiary/aromatic N) is 3. The van der Waals surface area contributed by atoms with Crippen LogP contribution in [0, 0.1) is 0 Å². The zero-order valence-electron chi connectivity index (χ0n) is 29.4. The maximum Gasteiger partial charge on any atom is 0.323 e. The van der Waals surface area contributed by atoms with E-state index in [4.69, 9.17) is 37.7 Å². The molecule has 52 heavy (non-hydrogen) atoms. The molecule has 3 aliphatic carbocycles. The van der Waals surface area contributed by atoms with Crippen molar-refractivity contribution in [1.82, 2.24) is 19.8 Å². The molecule has 0 spiro atoms. The van der Waals surface area contributed by atoms with Crippen LogP contribution in [0.2, 0.25) is 10.0 Å². The molecule has 1 amide bonds. The van der Waals surface area contributed by atoms with E-state index in [2.05, 4.69) is 27.7 Å². The van der Waals surface area contributed by atoms with Crippen LogP contribution in [0.3, 0.4) is 0 Å². The van der Waals surface area contributed by atoms with Gasteiger partial charge >= 0.3 is 5.97 Å². The molecule has 3 aromatic carbocycles. The topological polar surface area (TPSA) is 118 Å². The zero-order chi connectivity index (χ0) is 36.1. The van der Waals surface area contributed by atoms with Gasteiger partial charge in [0.2, 0.25) is 0 Å². The maximum atomic E-state index is 13.7. The predicted octanol–water partition coefficient (Wildman–Crippen LogP) is 7.73. The fraction of sp³-hybridized carbons (Fsp3) is 0.425. The quantitative estimate of drug-likeness (QED) is 0.143. The van der Waals surface area contributed by atoms with Crippen LogP contribution < -0.4 is 20.1 Å². The van der Waals surface area contributed by atoms with E-state index in [1.54, 1.807) is 19.2 Å². The van der Waals surface area contributed by atoms with Gasteiger partial charge in [0, 0.05) is 62.0 Å². The van der Waals surface area contributed by atoms with E-state index in [9.17, 15) is 14.7 Å². The molecule has 12 heteroatoms. The molecular formula is C40H43Cl2N5O5. The lowest BCUT2D eigenvalue weighted by Crippen LogP contribution is -2.38. The molecule has 1 unspecified atom stereocenters. The Morgan fingerprint density at radius 1 is 1.02 bits per heavy atom. The summed E-state index contributed by atoms with van der Waals surface area (Å²) in [5.41, 5.74) is 6.54. The number of fused-ring (bicyclic) bond motifs is 2. The number of carboxylic acid groups (broad SMARTS) is 1. The number of ether oxygens (including phenoxy) is 2. The molecule has 1 aromatic heterocycles. The van der Waals surface area contributed by atoms with Gasteiger partial charge in [0.25, 0.3) is 5.91 Å². The van der Waals surface area contributed by atoms with Gasteiger partial charge in [-0.1, -0.05) is 66.4 Å². The number of rotatable bonds is 11. The molecule has 2 heterocycles. The highest BCUT2D eigenvalue weighted by atomic mass is 35.5. The number of hydrogen-bond acceptors (Lipinski definition) is 7. The van der Waals surface area contributed by atoms with Gasteiger partial charge in [-0.25, -0.2) is 4.98 Å². The van der Waals surface area contributed by atoms with Crippen molar-refractivity contribution in [3.05, 3.63) is 92.5 Å². The number of aromatic nitrogens is 2. The van der Waals surface area contributed by atoms with E-state index in [-0.39, 0.29) is 12.0 Å². The number of aliphatic carboxylic acids is 1. The number of carbonyl (C=O) groups excluding carboxylic acids is 1. The van der Waals surface area contributed by atoms with Crippen molar-refractivity contribution in [1.29, 1.82) is 0 Å². The molecular weight excluding hydrogens is 701 g/mol. The fourth-order valence-electron chi connectivity index (χ4n) is 8.34. The van der Waals surface area contributed by atoms with Crippen LogP contribution in [-0.2, 0) is 37.8 Å². The highest BCUT2D eigenvalue weighted by Gasteiger charge is 2.50. The van der Waals surface area contributed by atoms with Crippen LogP contribution in [0.25, 0.3) is 11.1 Å².